The maximum Gasteiger partial charge on any atom is 0.317 e. The molecular weight excluding hydrogens is 306 g/mol. The van der Waals surface area contributed by atoms with Crippen LogP contribution in [0.1, 0.15) is 30.4 Å². The van der Waals surface area contributed by atoms with Gasteiger partial charge in [-0.3, -0.25) is 4.79 Å². The van der Waals surface area contributed by atoms with Crippen molar-refractivity contribution in [2.24, 2.45) is 11.7 Å². The van der Waals surface area contributed by atoms with Gasteiger partial charge in [-0.25, -0.2) is 4.79 Å². The highest BCUT2D eigenvalue weighted by atomic mass is 16.5. The predicted molar refractivity (Wildman–Crippen MR) is 92.9 cm³/mol. The van der Waals surface area contributed by atoms with E-state index < -0.39 is 0 Å². The third-order valence-electron chi connectivity index (χ3n) is 4.44. The lowest BCUT2D eigenvalue weighted by atomic mass is 9.96. The highest BCUT2D eigenvalue weighted by Gasteiger charge is 2.25. The van der Waals surface area contributed by atoms with Gasteiger partial charge in [-0.2, -0.15) is 0 Å². The zero-order valence-electron chi connectivity index (χ0n) is 14.5. The third kappa shape index (κ3) is 4.88. The Bertz CT molecular complexity index is 561. The summed E-state index contributed by atoms with van der Waals surface area (Å²) in [5, 5.41) is 2.90. The van der Waals surface area contributed by atoms with E-state index in [9.17, 15) is 9.59 Å². The van der Waals surface area contributed by atoms with Crippen molar-refractivity contribution in [2.75, 3.05) is 26.2 Å². The topological polar surface area (TPSA) is 84.7 Å². The Balaban J connectivity index is 1.64. The quantitative estimate of drug-likeness (QED) is 0.781. The van der Waals surface area contributed by atoms with E-state index in [0.717, 1.165) is 23.3 Å². The molecule has 6 nitrogen and oxygen atoms in total. The molecule has 132 valence electrons. The molecule has 24 heavy (non-hydrogen) atoms. The predicted octanol–water partition coefficient (Wildman–Crippen LogP) is 1.98. The molecule has 1 aromatic rings. The fourth-order valence-electron chi connectivity index (χ4n) is 2.95. The van der Waals surface area contributed by atoms with Gasteiger partial charge in [-0.05, 0) is 44.2 Å². The Kier molecular flexibility index (Phi) is 6.46. The van der Waals surface area contributed by atoms with Crippen LogP contribution in [0, 0.1) is 19.8 Å². The van der Waals surface area contributed by atoms with E-state index in [-0.39, 0.29) is 17.9 Å². The molecule has 0 atom stereocenters. The van der Waals surface area contributed by atoms with Crippen LogP contribution in [0.25, 0.3) is 0 Å². The number of nitrogens with one attached hydrogen (secondary N) is 1. The van der Waals surface area contributed by atoms with Gasteiger partial charge < -0.3 is 20.7 Å². The molecule has 1 saturated heterocycles. The molecule has 1 fully saturated rings. The Labute approximate surface area is 143 Å². The fourth-order valence-corrected chi connectivity index (χ4v) is 2.95. The number of carbonyl (C=O) groups is 2. The van der Waals surface area contributed by atoms with Crippen molar-refractivity contribution in [2.45, 2.75) is 33.1 Å². The van der Waals surface area contributed by atoms with Crippen LogP contribution in [0.5, 0.6) is 5.75 Å². The summed E-state index contributed by atoms with van der Waals surface area (Å²) in [6, 6.07) is 5.99. The number of likely N-dealkylation sites (tertiary alicyclic amines) is 1. The Morgan fingerprint density at radius 1 is 1.25 bits per heavy atom. The summed E-state index contributed by atoms with van der Waals surface area (Å²) >= 11 is 0. The monoisotopic (exact) mass is 333 g/mol. The molecule has 0 bridgehead atoms. The SMILES string of the molecule is Cc1cccc(C)c1OCCCNC(=O)N1CCC(C(N)=O)CC1. The lowest BCUT2D eigenvalue weighted by Gasteiger charge is -2.30. The van der Waals surface area contributed by atoms with Crippen LogP contribution in [-0.4, -0.2) is 43.1 Å². The number of aryl methyl sites for hydroxylation is 2. The number of hydrogen-bond acceptors (Lipinski definition) is 3. The van der Waals surface area contributed by atoms with Crippen LogP contribution in [-0.2, 0) is 4.79 Å². The number of rotatable bonds is 6. The largest absolute Gasteiger partial charge is 0.493 e. The van der Waals surface area contributed by atoms with Gasteiger partial charge >= 0.3 is 6.03 Å². The first-order chi connectivity index (χ1) is 11.5. The summed E-state index contributed by atoms with van der Waals surface area (Å²) in [6.07, 6.45) is 2.05. The summed E-state index contributed by atoms with van der Waals surface area (Å²) < 4.78 is 5.82. The minimum atomic E-state index is -0.265. The maximum atomic E-state index is 12.1. The average molecular weight is 333 g/mol. The smallest absolute Gasteiger partial charge is 0.317 e. The van der Waals surface area contributed by atoms with Crippen LogP contribution in [0.3, 0.4) is 0 Å². The van der Waals surface area contributed by atoms with Gasteiger partial charge in [0, 0.05) is 25.6 Å². The normalized spacial score (nSPS) is 15.2. The molecule has 0 spiro atoms. The number of amides is 3. The number of urea groups is 1. The molecule has 1 heterocycles. The summed E-state index contributed by atoms with van der Waals surface area (Å²) in [5.74, 6) is 0.566. The van der Waals surface area contributed by atoms with E-state index in [1.165, 1.54) is 0 Å². The van der Waals surface area contributed by atoms with Crippen molar-refractivity contribution in [3.05, 3.63) is 29.3 Å². The lowest BCUT2D eigenvalue weighted by molar-refractivity contribution is -0.123. The van der Waals surface area contributed by atoms with Crippen molar-refractivity contribution in [3.8, 4) is 5.75 Å². The number of primary amides is 1. The third-order valence-corrected chi connectivity index (χ3v) is 4.44. The van der Waals surface area contributed by atoms with Crippen LogP contribution in [0.2, 0.25) is 0 Å². The van der Waals surface area contributed by atoms with Crippen molar-refractivity contribution in [1.29, 1.82) is 0 Å². The molecule has 1 aliphatic rings. The molecule has 6 heteroatoms. The number of piperidine rings is 1. The minimum absolute atomic E-state index is 0.0787. The highest BCUT2D eigenvalue weighted by Crippen LogP contribution is 2.22. The molecule has 0 saturated carbocycles. The summed E-state index contributed by atoms with van der Waals surface area (Å²) in [5.41, 5.74) is 7.54. The minimum Gasteiger partial charge on any atom is -0.493 e. The number of hydrogen-bond donors (Lipinski definition) is 2. The van der Waals surface area contributed by atoms with Crippen molar-refractivity contribution < 1.29 is 14.3 Å². The number of para-hydroxylation sites is 1. The fraction of sp³-hybridized carbons (Fsp3) is 0.556. The molecule has 0 aliphatic carbocycles. The van der Waals surface area contributed by atoms with Crippen LogP contribution in [0.15, 0.2) is 18.2 Å². The van der Waals surface area contributed by atoms with Gasteiger partial charge in [0.25, 0.3) is 0 Å². The second-order valence-electron chi connectivity index (χ2n) is 6.32. The van der Waals surface area contributed by atoms with Gasteiger partial charge in [0.15, 0.2) is 0 Å². The lowest BCUT2D eigenvalue weighted by Crippen LogP contribution is -2.46. The molecule has 2 rings (SSSR count). The number of nitrogens with zero attached hydrogens (tertiary/aromatic N) is 1. The summed E-state index contributed by atoms with van der Waals surface area (Å²) in [4.78, 5) is 24.9. The first-order valence-corrected chi connectivity index (χ1v) is 8.50. The average Bonchev–Trinajstić information content (AvgIpc) is 2.56. The maximum absolute atomic E-state index is 12.1. The number of nitrogens with two attached hydrogens (primary N) is 1. The van der Waals surface area contributed by atoms with Crippen molar-refractivity contribution in [1.82, 2.24) is 10.2 Å². The van der Waals surface area contributed by atoms with Crippen LogP contribution in [0.4, 0.5) is 4.79 Å². The Morgan fingerprint density at radius 3 is 2.46 bits per heavy atom. The van der Waals surface area contributed by atoms with Gasteiger partial charge in [-0.1, -0.05) is 18.2 Å². The van der Waals surface area contributed by atoms with Gasteiger partial charge in [0.2, 0.25) is 5.91 Å². The molecule has 0 aromatic heterocycles. The van der Waals surface area contributed by atoms with E-state index in [1.54, 1.807) is 4.90 Å². The molecule has 1 aromatic carbocycles. The van der Waals surface area contributed by atoms with E-state index in [1.807, 2.05) is 32.0 Å². The zero-order chi connectivity index (χ0) is 17.5. The molecule has 0 unspecified atom stereocenters. The van der Waals surface area contributed by atoms with E-state index in [0.29, 0.717) is 39.1 Å². The Morgan fingerprint density at radius 2 is 1.88 bits per heavy atom. The van der Waals surface area contributed by atoms with Crippen LogP contribution < -0.4 is 15.8 Å². The molecule has 1 aliphatic heterocycles. The van der Waals surface area contributed by atoms with Crippen molar-refractivity contribution in [3.63, 3.8) is 0 Å². The molecule has 0 radical (unpaired) electrons. The second kappa shape index (κ2) is 8.57. The first-order valence-electron chi connectivity index (χ1n) is 8.50. The first kappa shape index (κ1) is 18.1. The van der Waals surface area contributed by atoms with Crippen molar-refractivity contribution >= 4 is 11.9 Å². The van der Waals surface area contributed by atoms with Gasteiger partial charge in [-0.15, -0.1) is 0 Å². The molecular formula is C18H27N3O3. The molecule has 3 amide bonds. The summed E-state index contributed by atoms with van der Waals surface area (Å²) in [6.45, 7) is 6.35. The van der Waals surface area contributed by atoms with E-state index in [2.05, 4.69) is 5.32 Å². The second-order valence-corrected chi connectivity index (χ2v) is 6.32. The Hall–Kier alpha value is -2.24. The zero-order valence-corrected chi connectivity index (χ0v) is 14.5. The molecule has 3 N–H and O–H groups in total. The number of ether oxygens (including phenoxy) is 1. The van der Waals surface area contributed by atoms with Crippen LogP contribution >= 0.6 is 0 Å². The standard InChI is InChI=1S/C18H27N3O3/c1-13-5-3-6-14(2)16(13)24-12-4-9-20-18(23)21-10-7-15(8-11-21)17(19)22/h3,5-6,15H,4,7-12H2,1-2H3,(H2,19,22)(H,20,23). The van der Waals surface area contributed by atoms with E-state index >= 15 is 0 Å². The highest BCUT2D eigenvalue weighted by molar-refractivity contribution is 5.78. The number of carbonyl (C=O) groups excluding carboxylic acids is 2. The summed E-state index contributed by atoms with van der Waals surface area (Å²) in [7, 11) is 0. The van der Waals surface area contributed by atoms with E-state index in [4.69, 9.17) is 10.5 Å². The van der Waals surface area contributed by atoms with Gasteiger partial charge in [0.1, 0.15) is 5.75 Å². The van der Waals surface area contributed by atoms with Gasteiger partial charge in [0.05, 0.1) is 6.61 Å². The number of benzene rings is 1.